The van der Waals surface area contributed by atoms with Crippen molar-refractivity contribution in [2.24, 2.45) is 0 Å². The molecule has 5 nitrogen and oxygen atoms in total. The molecule has 0 saturated heterocycles. The number of carbonyl (C=O) groups excluding carboxylic acids is 1. The van der Waals surface area contributed by atoms with Crippen LogP contribution in [0.2, 0.25) is 0 Å². The van der Waals surface area contributed by atoms with Gasteiger partial charge in [0.05, 0.1) is 5.92 Å². The van der Waals surface area contributed by atoms with Crippen LogP contribution in [0.15, 0.2) is 34.9 Å². The average Bonchev–Trinajstić information content (AvgIpc) is 2.96. The van der Waals surface area contributed by atoms with Crippen LogP contribution >= 0.6 is 0 Å². The van der Waals surface area contributed by atoms with E-state index in [2.05, 4.69) is 20.0 Å². The number of alkyl halides is 3. The summed E-state index contributed by atoms with van der Waals surface area (Å²) in [5.41, 5.74) is 0.860. The average molecular weight is 313 g/mol. The van der Waals surface area contributed by atoms with E-state index >= 15 is 0 Å². The highest BCUT2D eigenvalue weighted by Crippen LogP contribution is 2.27. The summed E-state index contributed by atoms with van der Waals surface area (Å²) in [7, 11) is 0. The van der Waals surface area contributed by atoms with Crippen molar-refractivity contribution in [2.75, 3.05) is 6.54 Å². The molecule has 0 radical (unpaired) electrons. The van der Waals surface area contributed by atoms with E-state index in [9.17, 15) is 18.0 Å². The van der Waals surface area contributed by atoms with E-state index in [-0.39, 0.29) is 30.6 Å². The predicted molar refractivity (Wildman–Crippen MR) is 70.9 cm³/mol. The first-order valence-electron chi connectivity index (χ1n) is 6.60. The van der Waals surface area contributed by atoms with Crippen LogP contribution in [0.25, 0.3) is 0 Å². The van der Waals surface area contributed by atoms with Crippen molar-refractivity contribution in [1.29, 1.82) is 0 Å². The van der Waals surface area contributed by atoms with Gasteiger partial charge in [0.15, 0.2) is 5.82 Å². The molecule has 0 aliphatic heterocycles. The summed E-state index contributed by atoms with van der Waals surface area (Å²) >= 11 is 0. The molecule has 0 spiro atoms. The van der Waals surface area contributed by atoms with E-state index in [1.54, 1.807) is 6.92 Å². The molecule has 0 saturated carbocycles. The molecule has 118 valence electrons. The summed E-state index contributed by atoms with van der Waals surface area (Å²) in [6, 6.07) is 9.18. The van der Waals surface area contributed by atoms with Crippen molar-refractivity contribution >= 4 is 5.91 Å². The monoisotopic (exact) mass is 313 g/mol. The smallest absolute Gasteiger partial charge is 0.355 e. The van der Waals surface area contributed by atoms with Crippen LogP contribution in [0.5, 0.6) is 0 Å². The minimum absolute atomic E-state index is 0.0623. The van der Waals surface area contributed by atoms with Crippen LogP contribution in [-0.2, 0) is 17.4 Å². The van der Waals surface area contributed by atoms with Crippen LogP contribution in [0, 0.1) is 0 Å². The predicted octanol–water partition coefficient (Wildman–Crippen LogP) is 2.55. The number of halogens is 3. The third-order valence-electron chi connectivity index (χ3n) is 3.05. The quantitative estimate of drug-likeness (QED) is 0.921. The highest BCUT2D eigenvalue weighted by atomic mass is 19.4. The van der Waals surface area contributed by atoms with Gasteiger partial charge in [0.2, 0.25) is 5.91 Å². The molecule has 1 N–H and O–H groups in total. The van der Waals surface area contributed by atoms with Crippen molar-refractivity contribution in [2.45, 2.75) is 25.4 Å². The first-order valence-corrected chi connectivity index (χ1v) is 6.60. The van der Waals surface area contributed by atoms with E-state index < -0.39 is 12.1 Å². The molecular formula is C14H14F3N3O2. The van der Waals surface area contributed by atoms with Gasteiger partial charge in [-0.15, -0.1) is 0 Å². The summed E-state index contributed by atoms with van der Waals surface area (Å²) in [4.78, 5) is 15.2. The molecule has 0 fully saturated rings. The first-order chi connectivity index (χ1) is 10.4. The zero-order chi connectivity index (χ0) is 16.2. The molecule has 2 rings (SSSR count). The number of hydrogen-bond acceptors (Lipinski definition) is 4. The molecule has 1 heterocycles. The molecule has 1 aromatic heterocycles. The molecule has 1 unspecified atom stereocenters. The Morgan fingerprint density at radius 3 is 2.59 bits per heavy atom. The molecule has 8 heteroatoms. The Bertz CT molecular complexity index is 626. The number of nitrogens with zero attached hydrogens (tertiary/aromatic N) is 2. The molecule has 0 bridgehead atoms. The van der Waals surface area contributed by atoms with Crippen LogP contribution in [0.3, 0.4) is 0 Å². The van der Waals surface area contributed by atoms with Gasteiger partial charge in [0, 0.05) is 13.0 Å². The lowest BCUT2D eigenvalue weighted by molar-refractivity contribution is -0.159. The number of aromatic nitrogens is 2. The van der Waals surface area contributed by atoms with Crippen LogP contribution in [-0.4, -0.2) is 22.6 Å². The highest BCUT2D eigenvalue weighted by molar-refractivity contribution is 5.83. The summed E-state index contributed by atoms with van der Waals surface area (Å²) in [6.07, 6.45) is -4.59. The highest BCUT2D eigenvalue weighted by Gasteiger charge is 2.38. The second kappa shape index (κ2) is 6.59. The summed E-state index contributed by atoms with van der Waals surface area (Å²) in [5.74, 6) is -2.05. The maximum Gasteiger partial charge on any atom is 0.471 e. The topological polar surface area (TPSA) is 68.0 Å². The Kier molecular flexibility index (Phi) is 4.79. The number of rotatable bonds is 5. The van der Waals surface area contributed by atoms with E-state index in [4.69, 9.17) is 0 Å². The van der Waals surface area contributed by atoms with Crippen molar-refractivity contribution in [3.63, 3.8) is 0 Å². The minimum atomic E-state index is -4.66. The Morgan fingerprint density at radius 1 is 1.32 bits per heavy atom. The van der Waals surface area contributed by atoms with Gasteiger partial charge in [-0.25, -0.2) is 0 Å². The molecule has 1 amide bonds. The Labute approximate surface area is 124 Å². The molecule has 1 atom stereocenters. The minimum Gasteiger partial charge on any atom is -0.355 e. The number of amides is 1. The number of benzene rings is 1. The summed E-state index contributed by atoms with van der Waals surface area (Å²) in [5, 5.41) is 5.86. The zero-order valence-corrected chi connectivity index (χ0v) is 11.7. The Hall–Kier alpha value is -2.38. The lowest BCUT2D eigenvalue weighted by Crippen LogP contribution is -2.30. The van der Waals surface area contributed by atoms with E-state index in [1.807, 2.05) is 30.3 Å². The second-order valence-corrected chi connectivity index (χ2v) is 4.69. The first kappa shape index (κ1) is 16.0. The van der Waals surface area contributed by atoms with Gasteiger partial charge in [-0.1, -0.05) is 35.5 Å². The van der Waals surface area contributed by atoms with Gasteiger partial charge in [0.25, 0.3) is 0 Å². The molecule has 0 aliphatic carbocycles. The largest absolute Gasteiger partial charge is 0.471 e. The molecule has 0 aliphatic rings. The van der Waals surface area contributed by atoms with Gasteiger partial charge < -0.3 is 9.84 Å². The van der Waals surface area contributed by atoms with Crippen molar-refractivity contribution in [3.05, 3.63) is 47.6 Å². The van der Waals surface area contributed by atoms with Crippen LogP contribution in [0.1, 0.15) is 30.1 Å². The maximum absolute atomic E-state index is 12.3. The van der Waals surface area contributed by atoms with Gasteiger partial charge >= 0.3 is 12.1 Å². The van der Waals surface area contributed by atoms with E-state index in [1.165, 1.54) is 0 Å². The van der Waals surface area contributed by atoms with Crippen LogP contribution in [0.4, 0.5) is 13.2 Å². The van der Waals surface area contributed by atoms with Crippen molar-refractivity contribution < 1.29 is 22.5 Å². The van der Waals surface area contributed by atoms with Gasteiger partial charge in [-0.2, -0.15) is 18.2 Å². The molecule has 22 heavy (non-hydrogen) atoms. The third kappa shape index (κ3) is 4.06. The van der Waals surface area contributed by atoms with Gasteiger partial charge in [-0.3, -0.25) is 4.79 Å². The van der Waals surface area contributed by atoms with E-state index in [0.29, 0.717) is 0 Å². The maximum atomic E-state index is 12.3. The third-order valence-corrected chi connectivity index (χ3v) is 3.05. The molecule has 1 aromatic carbocycles. The van der Waals surface area contributed by atoms with Crippen molar-refractivity contribution in [3.8, 4) is 0 Å². The van der Waals surface area contributed by atoms with Gasteiger partial charge in [-0.05, 0) is 12.5 Å². The molecular weight excluding hydrogens is 299 g/mol. The zero-order valence-electron chi connectivity index (χ0n) is 11.7. The number of carbonyl (C=O) groups is 1. The lowest BCUT2D eigenvalue weighted by Gasteiger charge is -2.11. The summed E-state index contributed by atoms with van der Waals surface area (Å²) in [6.45, 7) is 1.88. The standard InChI is InChI=1S/C14H14F3N3O2/c1-9(10-5-3-2-4-6-10)12(21)18-8-7-11-19-13(22-20-11)14(15,16)17/h2-6,9H,7-8H2,1H3,(H,18,21). The number of nitrogens with one attached hydrogen (secondary N) is 1. The fourth-order valence-electron chi connectivity index (χ4n) is 1.81. The van der Waals surface area contributed by atoms with Gasteiger partial charge in [0.1, 0.15) is 0 Å². The normalized spacial score (nSPS) is 12.9. The lowest BCUT2D eigenvalue weighted by atomic mass is 10.0. The van der Waals surface area contributed by atoms with E-state index in [0.717, 1.165) is 5.56 Å². The Balaban J connectivity index is 1.83. The fraction of sp³-hybridized carbons (Fsp3) is 0.357. The Morgan fingerprint density at radius 2 is 2.00 bits per heavy atom. The fourth-order valence-corrected chi connectivity index (χ4v) is 1.81. The second-order valence-electron chi connectivity index (χ2n) is 4.69. The SMILES string of the molecule is CC(C(=O)NCCc1noc(C(F)(F)F)n1)c1ccccc1. The van der Waals surface area contributed by atoms with Crippen molar-refractivity contribution in [1.82, 2.24) is 15.5 Å². The molecule has 2 aromatic rings. The summed E-state index contributed by atoms with van der Waals surface area (Å²) < 4.78 is 40.9. The van der Waals surface area contributed by atoms with Crippen LogP contribution < -0.4 is 5.32 Å². The number of hydrogen-bond donors (Lipinski definition) is 1.